The maximum Gasteiger partial charge on any atom is 0.246 e. The Kier molecular flexibility index (Phi) is 7.54. The van der Waals surface area contributed by atoms with E-state index >= 15 is 0 Å². The molecule has 2 aromatic rings. The van der Waals surface area contributed by atoms with E-state index in [1.54, 1.807) is 4.90 Å². The van der Waals surface area contributed by atoms with E-state index in [0.717, 1.165) is 11.1 Å². The predicted octanol–water partition coefficient (Wildman–Crippen LogP) is 2.55. The molecule has 0 radical (unpaired) electrons. The van der Waals surface area contributed by atoms with Crippen molar-refractivity contribution in [2.24, 2.45) is 11.8 Å². The predicted molar refractivity (Wildman–Crippen MR) is 141 cm³/mol. The SMILES string of the molecule is CC[C@]12CCC3(O1)C(C(=O)NCc1ccccc1)N(CCCCO)C(=O)[C@@H]3[C@H]2C(=O)NCc1ccccc1. The zero-order chi connectivity index (χ0) is 26.8. The van der Waals surface area contributed by atoms with Crippen LogP contribution >= 0.6 is 0 Å². The number of nitrogens with one attached hydrogen (secondary N) is 2. The molecule has 3 fully saturated rings. The standard InChI is InChI=1S/C30H37N3O5/c1-2-29-15-16-30(38-29)24(23(29)26(35)31-19-21-11-5-3-6-12-21)28(37)33(17-9-10-18-34)25(30)27(36)32-20-22-13-7-4-8-14-22/h3-8,11-14,23-25,34H,2,9-10,15-20H2,1H3,(H,31,35)(H,32,36)/t23-,24-,25?,29+,30?/m0/s1. The van der Waals surface area contributed by atoms with E-state index in [2.05, 4.69) is 10.6 Å². The molecule has 3 aliphatic rings. The zero-order valence-corrected chi connectivity index (χ0v) is 21.9. The van der Waals surface area contributed by atoms with E-state index in [1.165, 1.54) is 0 Å². The van der Waals surface area contributed by atoms with Crippen LogP contribution < -0.4 is 10.6 Å². The number of benzene rings is 2. The molecule has 0 saturated carbocycles. The first-order chi connectivity index (χ1) is 18.5. The quantitative estimate of drug-likeness (QED) is 0.396. The minimum Gasteiger partial charge on any atom is -0.396 e. The number of ether oxygens (including phenoxy) is 1. The molecule has 3 N–H and O–H groups in total. The molecule has 3 amide bonds. The summed E-state index contributed by atoms with van der Waals surface area (Å²) in [6.45, 7) is 3.05. The number of fused-ring (bicyclic) bond motifs is 1. The summed E-state index contributed by atoms with van der Waals surface area (Å²) in [6.07, 6.45) is 2.87. The molecule has 3 aliphatic heterocycles. The third kappa shape index (κ3) is 4.50. The van der Waals surface area contributed by atoms with E-state index in [9.17, 15) is 19.5 Å². The minimum atomic E-state index is -1.04. The van der Waals surface area contributed by atoms with Crippen LogP contribution in [0.5, 0.6) is 0 Å². The van der Waals surface area contributed by atoms with Gasteiger partial charge in [0.1, 0.15) is 11.6 Å². The van der Waals surface area contributed by atoms with Crippen LogP contribution in [0.4, 0.5) is 0 Å². The van der Waals surface area contributed by atoms with Gasteiger partial charge in [0.2, 0.25) is 17.7 Å². The van der Waals surface area contributed by atoms with Crippen molar-refractivity contribution >= 4 is 17.7 Å². The van der Waals surface area contributed by atoms with Crippen molar-refractivity contribution in [3.63, 3.8) is 0 Å². The summed E-state index contributed by atoms with van der Waals surface area (Å²) in [6, 6.07) is 18.5. The summed E-state index contributed by atoms with van der Waals surface area (Å²) in [5.41, 5.74) is 0.135. The van der Waals surface area contributed by atoms with Gasteiger partial charge in [-0.2, -0.15) is 0 Å². The van der Waals surface area contributed by atoms with Gasteiger partial charge in [-0.1, -0.05) is 67.6 Å². The number of unbranched alkanes of at least 4 members (excludes halogenated alkanes) is 1. The number of carbonyl (C=O) groups excluding carboxylic acids is 3. The molecule has 5 rings (SSSR count). The van der Waals surface area contributed by atoms with Crippen molar-refractivity contribution in [1.82, 2.24) is 15.5 Å². The number of amides is 3. The first kappa shape index (κ1) is 26.4. The Bertz CT molecular complexity index is 1160. The Balaban J connectivity index is 1.43. The van der Waals surface area contributed by atoms with Gasteiger partial charge in [-0.3, -0.25) is 14.4 Å². The fraction of sp³-hybridized carbons (Fsp3) is 0.500. The van der Waals surface area contributed by atoms with Gasteiger partial charge in [0.15, 0.2) is 0 Å². The number of rotatable bonds is 11. The smallest absolute Gasteiger partial charge is 0.246 e. The summed E-state index contributed by atoms with van der Waals surface area (Å²) in [7, 11) is 0. The van der Waals surface area contributed by atoms with Crippen molar-refractivity contribution in [3.05, 3.63) is 71.8 Å². The van der Waals surface area contributed by atoms with Gasteiger partial charge in [0.05, 0.1) is 17.4 Å². The number of nitrogens with zero attached hydrogens (tertiary/aromatic N) is 1. The summed E-state index contributed by atoms with van der Waals surface area (Å²) in [5.74, 6) is -2.03. The average Bonchev–Trinajstić information content (AvgIpc) is 3.55. The van der Waals surface area contributed by atoms with Crippen LogP contribution in [0.2, 0.25) is 0 Å². The van der Waals surface area contributed by atoms with Crippen molar-refractivity contribution in [3.8, 4) is 0 Å². The average molecular weight is 520 g/mol. The third-order valence-electron chi connectivity index (χ3n) is 8.64. The first-order valence-corrected chi connectivity index (χ1v) is 13.7. The molecule has 3 saturated heterocycles. The molecule has 3 heterocycles. The molecule has 38 heavy (non-hydrogen) atoms. The van der Waals surface area contributed by atoms with Gasteiger partial charge in [-0.05, 0) is 43.2 Å². The lowest BCUT2D eigenvalue weighted by Crippen LogP contribution is -2.55. The largest absolute Gasteiger partial charge is 0.396 e. The fourth-order valence-corrected chi connectivity index (χ4v) is 6.83. The molecule has 0 aliphatic carbocycles. The molecule has 2 unspecified atom stereocenters. The molecule has 0 aromatic heterocycles. The van der Waals surface area contributed by atoms with Crippen molar-refractivity contribution < 1.29 is 24.2 Å². The van der Waals surface area contributed by atoms with Gasteiger partial charge in [0.25, 0.3) is 0 Å². The van der Waals surface area contributed by atoms with Crippen molar-refractivity contribution in [1.29, 1.82) is 0 Å². The van der Waals surface area contributed by atoms with Crippen LogP contribution in [0.25, 0.3) is 0 Å². The lowest BCUT2D eigenvalue weighted by atomic mass is 9.65. The van der Waals surface area contributed by atoms with E-state index in [-0.39, 0.29) is 24.3 Å². The molecular formula is C30H37N3O5. The number of aliphatic hydroxyl groups excluding tert-OH is 1. The Morgan fingerprint density at radius 3 is 2.13 bits per heavy atom. The van der Waals surface area contributed by atoms with Crippen molar-refractivity contribution in [2.75, 3.05) is 13.2 Å². The van der Waals surface area contributed by atoms with Crippen LogP contribution in [0, 0.1) is 11.8 Å². The van der Waals surface area contributed by atoms with E-state index in [0.29, 0.717) is 51.7 Å². The molecule has 8 nitrogen and oxygen atoms in total. The summed E-state index contributed by atoms with van der Waals surface area (Å²) in [4.78, 5) is 43.1. The molecule has 2 aromatic carbocycles. The first-order valence-electron chi connectivity index (χ1n) is 13.7. The minimum absolute atomic E-state index is 0.0153. The van der Waals surface area contributed by atoms with Crippen LogP contribution in [-0.4, -0.2) is 58.1 Å². The second-order valence-electron chi connectivity index (χ2n) is 10.7. The highest BCUT2D eigenvalue weighted by Gasteiger charge is 2.78. The van der Waals surface area contributed by atoms with Crippen LogP contribution in [0.15, 0.2) is 60.7 Å². The molecular weight excluding hydrogens is 482 g/mol. The van der Waals surface area contributed by atoms with E-state index in [1.807, 2.05) is 67.6 Å². The van der Waals surface area contributed by atoms with Gasteiger partial charge >= 0.3 is 0 Å². The molecule has 2 bridgehead atoms. The Hall–Kier alpha value is -3.23. The van der Waals surface area contributed by atoms with Crippen LogP contribution in [-0.2, 0) is 32.2 Å². The van der Waals surface area contributed by atoms with Gasteiger partial charge < -0.3 is 25.4 Å². The van der Waals surface area contributed by atoms with Crippen LogP contribution in [0.1, 0.15) is 50.2 Å². The topological polar surface area (TPSA) is 108 Å². The highest BCUT2D eigenvalue weighted by Crippen LogP contribution is 2.64. The highest BCUT2D eigenvalue weighted by atomic mass is 16.5. The number of hydrogen-bond acceptors (Lipinski definition) is 5. The number of aliphatic hydroxyl groups is 1. The zero-order valence-electron chi connectivity index (χ0n) is 21.9. The number of likely N-dealkylation sites (tertiary alicyclic amines) is 1. The Morgan fingerprint density at radius 2 is 1.55 bits per heavy atom. The Labute approximate surface area is 223 Å². The summed E-state index contributed by atoms with van der Waals surface area (Å²) < 4.78 is 6.77. The van der Waals surface area contributed by atoms with Crippen molar-refractivity contribution in [2.45, 2.75) is 69.4 Å². The van der Waals surface area contributed by atoms with Gasteiger partial charge in [-0.25, -0.2) is 0 Å². The summed E-state index contributed by atoms with van der Waals surface area (Å²) in [5, 5.41) is 15.4. The van der Waals surface area contributed by atoms with Gasteiger partial charge in [-0.15, -0.1) is 0 Å². The fourth-order valence-electron chi connectivity index (χ4n) is 6.83. The van der Waals surface area contributed by atoms with E-state index < -0.39 is 29.1 Å². The maximum absolute atomic E-state index is 14.0. The molecule has 8 heteroatoms. The van der Waals surface area contributed by atoms with Gasteiger partial charge in [0, 0.05) is 26.2 Å². The molecule has 202 valence electrons. The summed E-state index contributed by atoms with van der Waals surface area (Å²) >= 11 is 0. The Morgan fingerprint density at radius 1 is 0.947 bits per heavy atom. The molecule has 1 spiro atoms. The lowest BCUT2D eigenvalue weighted by molar-refractivity contribution is -0.147. The van der Waals surface area contributed by atoms with Crippen LogP contribution in [0.3, 0.4) is 0 Å². The monoisotopic (exact) mass is 519 g/mol. The van der Waals surface area contributed by atoms with E-state index in [4.69, 9.17) is 4.74 Å². The maximum atomic E-state index is 14.0. The normalized spacial score (nSPS) is 29.4. The third-order valence-corrected chi connectivity index (χ3v) is 8.64. The molecule has 5 atom stereocenters. The highest BCUT2D eigenvalue weighted by molar-refractivity contribution is 5.99. The number of hydrogen-bond donors (Lipinski definition) is 3. The second kappa shape index (κ2) is 10.9. The number of carbonyl (C=O) groups is 3. The second-order valence-corrected chi connectivity index (χ2v) is 10.7. The lowest BCUT2D eigenvalue weighted by Gasteiger charge is -2.34.